The van der Waals surface area contributed by atoms with E-state index in [4.69, 9.17) is 0 Å². The van der Waals surface area contributed by atoms with E-state index in [1.807, 2.05) is 0 Å². The number of amides is 1. The van der Waals surface area contributed by atoms with Crippen LogP contribution in [0.15, 0.2) is 53.5 Å². The van der Waals surface area contributed by atoms with Crippen molar-refractivity contribution in [2.24, 2.45) is 5.92 Å². The standard InChI is InChI=1S/C25H19F4N3O3/c26-18-5-1-3-16-14(18)9-13-10-15-17(4-2-6-19(15)27)25(13,16)32-12-30(11-21(28)29)24(35)22-23(34)20(33)7-8-31(22)32/h1-8,13,21,34H,9-12H2. The quantitative estimate of drug-likeness (QED) is 0.580. The molecule has 0 unspecified atom stereocenters. The average Bonchev–Trinajstić information content (AvgIpc) is 3.31. The number of carbonyl (C=O) groups is 1. The minimum atomic E-state index is -2.88. The summed E-state index contributed by atoms with van der Waals surface area (Å²) in [6, 6.07) is 10.2. The smallest absolute Gasteiger partial charge is 0.278 e. The number of pyridine rings is 1. The SMILES string of the molecule is O=C1c2c(O)c(=O)ccn2N(C23c4cccc(F)c4CC2Cc2c(F)cccc23)CN1CC(F)F. The second-order valence-electron chi connectivity index (χ2n) is 9.08. The molecule has 1 N–H and O–H groups in total. The molecule has 1 aliphatic heterocycles. The third-order valence-electron chi connectivity index (χ3n) is 7.42. The van der Waals surface area contributed by atoms with E-state index in [0.29, 0.717) is 22.3 Å². The fourth-order valence-electron chi connectivity index (χ4n) is 6.13. The number of nitrogens with zero attached hydrogens (tertiary/aromatic N) is 3. The van der Waals surface area contributed by atoms with Crippen molar-refractivity contribution in [1.29, 1.82) is 0 Å². The largest absolute Gasteiger partial charge is 0.502 e. The number of alkyl halides is 2. The zero-order chi connectivity index (χ0) is 24.6. The number of hydrogen-bond acceptors (Lipinski definition) is 4. The topological polar surface area (TPSA) is 65.8 Å². The molecule has 0 bridgehead atoms. The summed E-state index contributed by atoms with van der Waals surface area (Å²) in [6.45, 7) is -1.29. The molecule has 0 radical (unpaired) electrons. The molecule has 1 amide bonds. The molecule has 0 atom stereocenters. The zero-order valence-electron chi connectivity index (χ0n) is 18.2. The summed E-state index contributed by atoms with van der Waals surface area (Å²) in [5.74, 6) is -3.06. The van der Waals surface area contributed by atoms with Crippen molar-refractivity contribution in [3.8, 4) is 5.75 Å². The molecule has 2 aromatic carbocycles. The molecular formula is C25H19F4N3O3. The highest BCUT2D eigenvalue weighted by atomic mass is 19.3. The number of carbonyl (C=O) groups excluding carboxylic acids is 1. The summed E-state index contributed by atoms with van der Waals surface area (Å²) in [7, 11) is 0. The van der Waals surface area contributed by atoms with Crippen LogP contribution in [0.5, 0.6) is 5.75 Å². The van der Waals surface area contributed by atoms with Crippen LogP contribution in [0.4, 0.5) is 17.6 Å². The van der Waals surface area contributed by atoms with Crippen molar-refractivity contribution in [2.75, 3.05) is 18.2 Å². The number of halogens is 4. The molecule has 35 heavy (non-hydrogen) atoms. The number of hydrogen-bond donors (Lipinski definition) is 1. The third-order valence-corrected chi connectivity index (χ3v) is 7.42. The van der Waals surface area contributed by atoms with E-state index < -0.39 is 58.8 Å². The van der Waals surface area contributed by atoms with Gasteiger partial charge in [-0.05, 0) is 47.2 Å². The van der Waals surface area contributed by atoms with Crippen LogP contribution in [-0.2, 0) is 18.4 Å². The van der Waals surface area contributed by atoms with Gasteiger partial charge in [-0.25, -0.2) is 17.6 Å². The summed E-state index contributed by atoms with van der Waals surface area (Å²) in [5.41, 5.74) is -0.621. The Balaban J connectivity index is 1.69. The van der Waals surface area contributed by atoms with Gasteiger partial charge in [0.25, 0.3) is 12.3 Å². The second kappa shape index (κ2) is 7.34. The van der Waals surface area contributed by atoms with Crippen LogP contribution in [0.1, 0.15) is 32.7 Å². The van der Waals surface area contributed by atoms with Gasteiger partial charge in [0.2, 0.25) is 5.43 Å². The Morgan fingerprint density at radius 2 is 1.57 bits per heavy atom. The average molecular weight is 485 g/mol. The number of benzene rings is 2. The van der Waals surface area contributed by atoms with Crippen molar-refractivity contribution in [2.45, 2.75) is 24.8 Å². The van der Waals surface area contributed by atoms with Crippen molar-refractivity contribution in [3.63, 3.8) is 0 Å². The van der Waals surface area contributed by atoms with Crippen LogP contribution < -0.4 is 10.4 Å². The molecular weight excluding hydrogens is 466 g/mol. The van der Waals surface area contributed by atoms with Gasteiger partial charge in [-0.3, -0.25) is 19.3 Å². The monoisotopic (exact) mass is 485 g/mol. The van der Waals surface area contributed by atoms with Gasteiger partial charge in [-0.15, -0.1) is 0 Å². The van der Waals surface area contributed by atoms with Crippen molar-refractivity contribution in [3.05, 3.63) is 98.5 Å². The molecule has 10 heteroatoms. The summed E-state index contributed by atoms with van der Waals surface area (Å²) in [5, 5.41) is 12.1. The molecule has 0 saturated carbocycles. The fourth-order valence-corrected chi connectivity index (χ4v) is 6.13. The molecule has 0 spiro atoms. The van der Waals surface area contributed by atoms with Crippen LogP contribution in [0, 0.1) is 17.6 Å². The van der Waals surface area contributed by atoms with E-state index in [-0.39, 0.29) is 19.5 Å². The Hall–Kier alpha value is -3.82. The Morgan fingerprint density at radius 1 is 0.971 bits per heavy atom. The lowest BCUT2D eigenvalue weighted by atomic mass is 9.81. The van der Waals surface area contributed by atoms with Gasteiger partial charge in [0, 0.05) is 18.2 Å². The Morgan fingerprint density at radius 3 is 2.14 bits per heavy atom. The van der Waals surface area contributed by atoms with E-state index in [0.717, 1.165) is 11.0 Å². The minimum Gasteiger partial charge on any atom is -0.502 e. The van der Waals surface area contributed by atoms with Crippen LogP contribution >= 0.6 is 0 Å². The first kappa shape index (κ1) is 21.7. The first-order chi connectivity index (χ1) is 16.7. The molecule has 3 aliphatic rings. The first-order valence-electron chi connectivity index (χ1n) is 11.1. The Bertz CT molecular complexity index is 1400. The molecule has 180 valence electrons. The van der Waals surface area contributed by atoms with E-state index in [2.05, 4.69) is 0 Å². The van der Waals surface area contributed by atoms with E-state index in [1.165, 1.54) is 35.1 Å². The van der Waals surface area contributed by atoms with E-state index in [9.17, 15) is 32.3 Å². The van der Waals surface area contributed by atoms with Gasteiger partial charge < -0.3 is 10.0 Å². The lowest BCUT2D eigenvalue weighted by molar-refractivity contribution is 0.0433. The molecule has 2 aliphatic carbocycles. The van der Waals surface area contributed by atoms with Gasteiger partial charge in [0.05, 0.1) is 6.54 Å². The molecule has 2 heterocycles. The summed E-state index contributed by atoms with van der Waals surface area (Å²) in [4.78, 5) is 26.2. The van der Waals surface area contributed by atoms with Crippen molar-refractivity contribution in [1.82, 2.24) is 9.58 Å². The molecule has 6 nitrogen and oxygen atoms in total. The maximum absolute atomic E-state index is 15.0. The van der Waals surface area contributed by atoms with E-state index in [1.54, 1.807) is 17.1 Å². The maximum Gasteiger partial charge on any atom is 0.278 e. The number of rotatable bonds is 3. The number of aromatic hydroxyl groups is 1. The van der Waals surface area contributed by atoms with Gasteiger partial charge in [-0.1, -0.05) is 24.3 Å². The van der Waals surface area contributed by atoms with Crippen molar-refractivity contribution < 1.29 is 27.5 Å². The third kappa shape index (κ3) is 2.76. The molecule has 0 saturated heterocycles. The maximum atomic E-state index is 15.0. The highest BCUT2D eigenvalue weighted by Gasteiger charge is 2.60. The zero-order valence-corrected chi connectivity index (χ0v) is 18.2. The Kier molecular flexibility index (Phi) is 4.55. The molecule has 0 fully saturated rings. The highest BCUT2D eigenvalue weighted by Crippen LogP contribution is 2.57. The van der Waals surface area contributed by atoms with Gasteiger partial charge >= 0.3 is 0 Å². The van der Waals surface area contributed by atoms with Gasteiger partial charge in [-0.2, -0.15) is 0 Å². The normalized spacial score (nSPS) is 22.3. The van der Waals surface area contributed by atoms with Gasteiger partial charge in [0.15, 0.2) is 11.4 Å². The predicted octanol–water partition coefficient (Wildman–Crippen LogP) is 3.12. The van der Waals surface area contributed by atoms with Crippen LogP contribution in [0.2, 0.25) is 0 Å². The first-order valence-corrected chi connectivity index (χ1v) is 11.1. The molecule has 3 aromatic rings. The number of fused-ring (bicyclic) bond motifs is 6. The fraction of sp³-hybridized carbons (Fsp3) is 0.280. The number of aromatic nitrogens is 1. The molecule has 1 aromatic heterocycles. The van der Waals surface area contributed by atoms with E-state index >= 15 is 0 Å². The lowest BCUT2D eigenvalue weighted by Gasteiger charge is -2.50. The van der Waals surface area contributed by atoms with Crippen molar-refractivity contribution >= 4 is 5.91 Å². The summed E-state index contributed by atoms with van der Waals surface area (Å²) < 4.78 is 58.1. The lowest BCUT2D eigenvalue weighted by Crippen LogP contribution is -2.63. The van der Waals surface area contributed by atoms with Crippen LogP contribution in [0.3, 0.4) is 0 Å². The Labute approximate surface area is 196 Å². The van der Waals surface area contributed by atoms with Gasteiger partial charge in [0.1, 0.15) is 23.8 Å². The summed E-state index contributed by atoms with van der Waals surface area (Å²) >= 11 is 0. The minimum absolute atomic E-state index is 0.261. The van der Waals surface area contributed by atoms with Crippen LogP contribution in [-0.4, -0.2) is 40.2 Å². The highest BCUT2D eigenvalue weighted by molar-refractivity contribution is 5.96. The summed E-state index contributed by atoms with van der Waals surface area (Å²) in [6.07, 6.45) is -1.07. The molecule has 6 rings (SSSR count). The van der Waals surface area contributed by atoms with Crippen LogP contribution in [0.25, 0.3) is 0 Å². The predicted molar refractivity (Wildman–Crippen MR) is 117 cm³/mol. The second-order valence-corrected chi connectivity index (χ2v) is 9.08.